The van der Waals surface area contributed by atoms with Gasteiger partial charge in [0.25, 0.3) is 0 Å². The Kier molecular flexibility index (Phi) is 7.40. The van der Waals surface area contributed by atoms with Gasteiger partial charge in [-0.15, -0.1) is 0 Å². The first kappa shape index (κ1) is 17.7. The lowest BCUT2D eigenvalue weighted by atomic mass is 9.87. The van der Waals surface area contributed by atoms with Crippen molar-refractivity contribution in [2.24, 2.45) is 5.41 Å². The van der Waals surface area contributed by atoms with Gasteiger partial charge < -0.3 is 25.2 Å². The lowest BCUT2D eigenvalue weighted by Gasteiger charge is -2.30. The van der Waals surface area contributed by atoms with Gasteiger partial charge in [-0.1, -0.05) is 20.8 Å². The second-order valence-electron chi connectivity index (χ2n) is 5.29. The summed E-state index contributed by atoms with van der Waals surface area (Å²) in [6, 6.07) is -1.52. The number of carbonyl (C=O) groups is 2. The molecule has 2 amide bonds. The summed E-state index contributed by atoms with van der Waals surface area (Å²) in [6.07, 6.45) is 0. The SMILES string of the molecule is COCCN(CCO)C(=O)N[C@H](C(=O)O)C(C)(C)C. The highest BCUT2D eigenvalue weighted by Crippen LogP contribution is 2.19. The number of nitrogens with zero attached hydrogens (tertiary/aromatic N) is 1. The third-order valence-corrected chi connectivity index (χ3v) is 2.60. The van der Waals surface area contributed by atoms with E-state index in [-0.39, 0.29) is 13.2 Å². The molecule has 0 spiro atoms. The molecule has 0 heterocycles. The van der Waals surface area contributed by atoms with Crippen molar-refractivity contribution in [3.63, 3.8) is 0 Å². The number of carboxylic acids is 1. The largest absolute Gasteiger partial charge is 0.480 e. The molecule has 0 fully saturated rings. The van der Waals surface area contributed by atoms with E-state index in [0.29, 0.717) is 13.2 Å². The normalized spacial score (nSPS) is 12.9. The second-order valence-corrected chi connectivity index (χ2v) is 5.29. The molecule has 0 saturated heterocycles. The molecule has 0 aliphatic carbocycles. The monoisotopic (exact) mass is 276 g/mol. The number of hydrogen-bond donors (Lipinski definition) is 3. The average Bonchev–Trinajstić information content (AvgIpc) is 2.29. The minimum atomic E-state index is -1.09. The molecule has 0 radical (unpaired) electrons. The summed E-state index contributed by atoms with van der Waals surface area (Å²) in [6.45, 7) is 5.75. The number of methoxy groups -OCH3 is 1. The Balaban J connectivity index is 4.71. The van der Waals surface area contributed by atoms with Crippen molar-refractivity contribution in [3.05, 3.63) is 0 Å². The van der Waals surface area contributed by atoms with E-state index in [1.807, 2.05) is 0 Å². The number of ether oxygens (including phenoxy) is 1. The average molecular weight is 276 g/mol. The van der Waals surface area contributed by atoms with Gasteiger partial charge in [0.2, 0.25) is 0 Å². The molecule has 7 heteroatoms. The van der Waals surface area contributed by atoms with E-state index in [2.05, 4.69) is 5.32 Å². The molecule has 19 heavy (non-hydrogen) atoms. The highest BCUT2D eigenvalue weighted by Gasteiger charge is 2.33. The Labute approximate surface area is 113 Å². The van der Waals surface area contributed by atoms with Gasteiger partial charge in [0.1, 0.15) is 6.04 Å². The summed E-state index contributed by atoms with van der Waals surface area (Å²) in [4.78, 5) is 24.5. The quantitative estimate of drug-likeness (QED) is 0.614. The van der Waals surface area contributed by atoms with Gasteiger partial charge in [-0.25, -0.2) is 9.59 Å². The van der Waals surface area contributed by atoms with Gasteiger partial charge in [-0.2, -0.15) is 0 Å². The Morgan fingerprint density at radius 1 is 1.32 bits per heavy atom. The van der Waals surface area contributed by atoms with Crippen LogP contribution in [0.5, 0.6) is 0 Å². The maximum absolute atomic E-state index is 12.0. The fraction of sp³-hybridized carbons (Fsp3) is 0.833. The summed E-state index contributed by atoms with van der Waals surface area (Å²) in [5.74, 6) is -1.09. The molecule has 0 aliphatic rings. The molecule has 0 rings (SSSR count). The lowest BCUT2D eigenvalue weighted by Crippen LogP contribution is -2.54. The third-order valence-electron chi connectivity index (χ3n) is 2.60. The number of aliphatic carboxylic acids is 1. The molecule has 3 N–H and O–H groups in total. The molecule has 1 atom stereocenters. The second kappa shape index (κ2) is 7.96. The number of carboxylic acid groups (broad SMARTS) is 1. The van der Waals surface area contributed by atoms with Crippen LogP contribution in [0.2, 0.25) is 0 Å². The summed E-state index contributed by atoms with van der Waals surface area (Å²) in [7, 11) is 1.50. The zero-order valence-electron chi connectivity index (χ0n) is 12.0. The molecule has 0 bridgehead atoms. The standard InChI is InChI=1S/C12H24N2O5/c1-12(2,3)9(10(16)17)13-11(18)14(5-7-15)6-8-19-4/h9,15H,5-8H2,1-4H3,(H,13,18)(H,16,17)/t9-/m1/s1. The van der Waals surface area contributed by atoms with E-state index in [9.17, 15) is 9.59 Å². The predicted molar refractivity (Wildman–Crippen MR) is 69.9 cm³/mol. The van der Waals surface area contributed by atoms with Crippen molar-refractivity contribution in [2.45, 2.75) is 26.8 Å². The fourth-order valence-electron chi connectivity index (χ4n) is 1.50. The third kappa shape index (κ3) is 6.40. The summed E-state index contributed by atoms with van der Waals surface area (Å²) in [5, 5.41) is 20.5. The van der Waals surface area contributed by atoms with E-state index >= 15 is 0 Å². The van der Waals surface area contributed by atoms with Crippen LogP contribution in [0.4, 0.5) is 4.79 Å². The molecule has 0 unspecified atom stereocenters. The number of amides is 2. The zero-order chi connectivity index (χ0) is 15.1. The molecular weight excluding hydrogens is 252 g/mol. The molecule has 0 aliphatic heterocycles. The lowest BCUT2D eigenvalue weighted by molar-refractivity contribution is -0.142. The topological polar surface area (TPSA) is 99.1 Å². The van der Waals surface area contributed by atoms with Crippen LogP contribution in [-0.4, -0.2) is 66.6 Å². The van der Waals surface area contributed by atoms with Crippen molar-refractivity contribution in [1.82, 2.24) is 10.2 Å². The Morgan fingerprint density at radius 3 is 2.26 bits per heavy atom. The zero-order valence-corrected chi connectivity index (χ0v) is 12.0. The first-order chi connectivity index (χ1) is 8.73. The van der Waals surface area contributed by atoms with Crippen LogP contribution in [0, 0.1) is 5.41 Å². The minimum absolute atomic E-state index is 0.131. The predicted octanol–water partition coefficient (Wildman–Crippen LogP) is 0.136. The smallest absolute Gasteiger partial charge is 0.326 e. The number of hydrogen-bond acceptors (Lipinski definition) is 4. The van der Waals surface area contributed by atoms with E-state index < -0.39 is 23.5 Å². The Bertz CT molecular complexity index is 301. The number of urea groups is 1. The molecule has 0 aromatic heterocycles. The van der Waals surface area contributed by atoms with Crippen LogP contribution in [-0.2, 0) is 9.53 Å². The van der Waals surface area contributed by atoms with Gasteiger partial charge >= 0.3 is 12.0 Å². The number of nitrogens with one attached hydrogen (secondary N) is 1. The van der Waals surface area contributed by atoms with Gasteiger partial charge in [-0.05, 0) is 5.41 Å². The number of aliphatic hydroxyl groups excluding tert-OH is 1. The summed E-state index contributed by atoms with van der Waals surface area (Å²) in [5.41, 5.74) is -0.604. The van der Waals surface area contributed by atoms with Crippen molar-refractivity contribution in [1.29, 1.82) is 0 Å². The van der Waals surface area contributed by atoms with Crippen LogP contribution in [0.25, 0.3) is 0 Å². The molecule has 7 nitrogen and oxygen atoms in total. The van der Waals surface area contributed by atoms with Gasteiger partial charge in [0.05, 0.1) is 13.2 Å². The first-order valence-electron chi connectivity index (χ1n) is 6.12. The first-order valence-corrected chi connectivity index (χ1v) is 6.12. The highest BCUT2D eigenvalue weighted by molar-refractivity contribution is 5.83. The van der Waals surface area contributed by atoms with Crippen LogP contribution in [0.3, 0.4) is 0 Å². The minimum Gasteiger partial charge on any atom is -0.480 e. The van der Waals surface area contributed by atoms with E-state index in [1.165, 1.54) is 12.0 Å². The molecule has 112 valence electrons. The maximum Gasteiger partial charge on any atom is 0.326 e. The van der Waals surface area contributed by atoms with Crippen LogP contribution in [0.1, 0.15) is 20.8 Å². The summed E-state index contributed by atoms with van der Waals surface area (Å²) < 4.78 is 4.87. The van der Waals surface area contributed by atoms with Gasteiger partial charge in [0.15, 0.2) is 0 Å². The van der Waals surface area contributed by atoms with Crippen molar-refractivity contribution < 1.29 is 24.5 Å². The number of carbonyl (C=O) groups excluding carboxylic acids is 1. The van der Waals surface area contributed by atoms with E-state index in [1.54, 1.807) is 20.8 Å². The maximum atomic E-state index is 12.0. The van der Waals surface area contributed by atoms with Crippen LogP contribution < -0.4 is 5.32 Å². The Morgan fingerprint density at radius 2 is 1.89 bits per heavy atom. The van der Waals surface area contributed by atoms with Crippen molar-refractivity contribution >= 4 is 12.0 Å². The van der Waals surface area contributed by atoms with Gasteiger partial charge in [-0.3, -0.25) is 0 Å². The fourth-order valence-corrected chi connectivity index (χ4v) is 1.50. The van der Waals surface area contributed by atoms with Gasteiger partial charge in [0, 0.05) is 20.2 Å². The highest BCUT2D eigenvalue weighted by atomic mass is 16.5. The molecule has 0 saturated carbocycles. The molecular formula is C12H24N2O5. The molecule has 0 aromatic rings. The van der Waals surface area contributed by atoms with Crippen LogP contribution in [0.15, 0.2) is 0 Å². The van der Waals surface area contributed by atoms with Crippen molar-refractivity contribution in [2.75, 3.05) is 33.4 Å². The Hall–Kier alpha value is -1.34. The summed E-state index contributed by atoms with van der Waals surface area (Å²) >= 11 is 0. The number of rotatable bonds is 7. The van der Waals surface area contributed by atoms with E-state index in [4.69, 9.17) is 14.9 Å². The van der Waals surface area contributed by atoms with Crippen molar-refractivity contribution in [3.8, 4) is 0 Å². The number of aliphatic hydroxyl groups is 1. The van der Waals surface area contributed by atoms with E-state index in [0.717, 1.165) is 0 Å². The molecule has 0 aromatic carbocycles. The van der Waals surface area contributed by atoms with Crippen LogP contribution >= 0.6 is 0 Å².